The first kappa shape index (κ1) is 38.7. The van der Waals surface area contributed by atoms with E-state index in [1.807, 2.05) is 12.1 Å². The number of aliphatic hydroxyl groups is 1. The summed E-state index contributed by atoms with van der Waals surface area (Å²) >= 11 is 6.81. The summed E-state index contributed by atoms with van der Waals surface area (Å²) in [6, 6.07) is 27.0. The smallest absolute Gasteiger partial charge is 0.311 e. The third-order valence-corrected chi connectivity index (χ3v) is 11.5. The summed E-state index contributed by atoms with van der Waals surface area (Å²) in [4.78, 5) is 21.1. The summed E-state index contributed by atoms with van der Waals surface area (Å²) in [5.41, 5.74) is 11.9. The fourth-order valence-electron chi connectivity index (χ4n) is 7.54. The number of rotatable bonds is 14. The molecule has 9 nitrogen and oxygen atoms in total. The quantitative estimate of drug-likeness (QED) is 0.102. The highest BCUT2D eigenvalue weighted by molar-refractivity contribution is 6.32. The summed E-state index contributed by atoms with van der Waals surface area (Å²) in [6.45, 7) is 6.69. The average molecular weight is 769 g/mol. The second kappa shape index (κ2) is 16.7. The van der Waals surface area contributed by atoms with Gasteiger partial charge in [0.05, 0.1) is 28.3 Å². The molecule has 2 aliphatic rings. The number of aromatic nitrogens is 1. The van der Waals surface area contributed by atoms with Crippen LogP contribution in [0.25, 0.3) is 22.3 Å². The van der Waals surface area contributed by atoms with E-state index in [1.54, 1.807) is 24.4 Å². The number of hydrogen-bond acceptors (Lipinski definition) is 8. The molecule has 4 aromatic carbocycles. The molecule has 0 unspecified atom stereocenters. The molecule has 10 heteroatoms. The monoisotopic (exact) mass is 768 g/mol. The fourth-order valence-corrected chi connectivity index (χ4v) is 7.78. The number of hydrogen-bond donors (Lipinski definition) is 3. The van der Waals surface area contributed by atoms with Gasteiger partial charge in [-0.15, -0.1) is 0 Å². The lowest BCUT2D eigenvalue weighted by Crippen LogP contribution is -2.32. The summed E-state index contributed by atoms with van der Waals surface area (Å²) in [6.07, 6.45) is 6.81. The minimum Gasteiger partial charge on any atom is -0.488 e. The van der Waals surface area contributed by atoms with Crippen molar-refractivity contribution in [2.45, 2.75) is 72.1 Å². The molecule has 1 fully saturated rings. The van der Waals surface area contributed by atoms with Crippen molar-refractivity contribution in [1.82, 2.24) is 10.3 Å². The van der Waals surface area contributed by atoms with Gasteiger partial charge < -0.3 is 25.0 Å². The number of halogens is 1. The van der Waals surface area contributed by atoms with E-state index in [9.17, 15) is 20.3 Å². The minimum absolute atomic E-state index is 0.115. The van der Waals surface area contributed by atoms with E-state index in [0.717, 1.165) is 52.9 Å². The number of aliphatic carboxylic acids is 1. The number of nitriles is 1. The van der Waals surface area contributed by atoms with E-state index in [4.69, 9.17) is 26.1 Å². The van der Waals surface area contributed by atoms with Gasteiger partial charge in [0.2, 0.25) is 0 Å². The van der Waals surface area contributed by atoms with Crippen LogP contribution in [0.3, 0.4) is 0 Å². The third kappa shape index (κ3) is 8.19. The van der Waals surface area contributed by atoms with Crippen LogP contribution in [0.1, 0.15) is 65.1 Å². The van der Waals surface area contributed by atoms with Crippen LogP contribution in [0.5, 0.6) is 11.5 Å². The van der Waals surface area contributed by atoms with Gasteiger partial charge in [0, 0.05) is 42.2 Å². The Labute approximate surface area is 332 Å². The van der Waals surface area contributed by atoms with Crippen molar-refractivity contribution in [1.29, 1.82) is 5.26 Å². The molecule has 56 heavy (non-hydrogen) atoms. The number of nitrogens with one attached hydrogen (secondary N) is 1. The molecule has 0 bridgehead atoms. The zero-order valence-electron chi connectivity index (χ0n) is 31.9. The van der Waals surface area contributed by atoms with Gasteiger partial charge in [-0.3, -0.25) is 14.8 Å². The highest BCUT2D eigenvalue weighted by Crippen LogP contribution is 2.40. The number of ether oxygens (including phenoxy) is 2. The van der Waals surface area contributed by atoms with Crippen molar-refractivity contribution in [3.63, 3.8) is 0 Å². The molecule has 3 heterocycles. The Morgan fingerprint density at radius 3 is 2.48 bits per heavy atom. The van der Waals surface area contributed by atoms with Gasteiger partial charge >= 0.3 is 5.97 Å². The van der Waals surface area contributed by atoms with E-state index in [2.05, 4.69) is 72.7 Å². The highest BCUT2D eigenvalue weighted by Gasteiger charge is 2.32. The number of nitrogens with zero attached hydrogens (tertiary/aromatic N) is 3. The lowest BCUT2D eigenvalue weighted by molar-refractivity contribution is -0.150. The maximum absolute atomic E-state index is 11.9. The van der Waals surface area contributed by atoms with Crippen LogP contribution in [0, 0.1) is 30.6 Å². The van der Waals surface area contributed by atoms with Crippen LogP contribution in [-0.2, 0) is 30.8 Å². The number of benzene rings is 4. The predicted molar refractivity (Wildman–Crippen MR) is 219 cm³/mol. The van der Waals surface area contributed by atoms with Gasteiger partial charge in [-0.2, -0.15) is 5.26 Å². The van der Waals surface area contributed by atoms with E-state index >= 15 is 0 Å². The fraction of sp³-hybridized carbons (Fsp3) is 0.304. The molecule has 286 valence electrons. The molecule has 0 amide bonds. The SMILES string of the molecule is Cc1c(COc2cc(OCc3cncc(C#N)c3)c(CC[C@@](C)(CO)C(=O)O)cc2Cl)cccc1-c1cccc(-c2ccc3c(c2)N=C([C@@H]2CCCN2)C3)c1C. The molecule has 7 rings (SSSR count). The zero-order chi connectivity index (χ0) is 39.4. The molecule has 2 atom stereocenters. The second-order valence-electron chi connectivity index (χ2n) is 15.0. The summed E-state index contributed by atoms with van der Waals surface area (Å²) < 4.78 is 12.6. The molecule has 0 spiro atoms. The average Bonchev–Trinajstić information content (AvgIpc) is 3.90. The Morgan fingerprint density at radius 2 is 1.73 bits per heavy atom. The van der Waals surface area contributed by atoms with Gasteiger partial charge in [-0.1, -0.05) is 60.1 Å². The number of fused-ring (bicyclic) bond motifs is 1. The molecule has 1 saturated heterocycles. The van der Waals surface area contributed by atoms with Crippen LogP contribution in [0.4, 0.5) is 5.69 Å². The molecule has 0 saturated carbocycles. The Hall–Kier alpha value is -5.53. The first-order valence-electron chi connectivity index (χ1n) is 19.0. The normalized spacial score (nSPS) is 15.8. The van der Waals surface area contributed by atoms with Crippen molar-refractivity contribution in [2.24, 2.45) is 10.4 Å². The van der Waals surface area contributed by atoms with E-state index in [0.29, 0.717) is 39.3 Å². The summed E-state index contributed by atoms with van der Waals surface area (Å²) in [7, 11) is 0. The van der Waals surface area contributed by atoms with Crippen molar-refractivity contribution in [3.8, 4) is 39.8 Å². The number of aliphatic hydroxyl groups excluding tert-OH is 1. The predicted octanol–water partition coefficient (Wildman–Crippen LogP) is 9.11. The number of carboxylic acids is 1. The molecule has 0 radical (unpaired) electrons. The zero-order valence-corrected chi connectivity index (χ0v) is 32.6. The number of aryl methyl sites for hydroxylation is 1. The number of aliphatic imine (C=N–C) groups is 1. The molecule has 3 N–H and O–H groups in total. The van der Waals surface area contributed by atoms with E-state index in [-0.39, 0.29) is 26.1 Å². The summed E-state index contributed by atoms with van der Waals surface area (Å²) in [5, 5.41) is 32.9. The summed E-state index contributed by atoms with van der Waals surface area (Å²) in [5.74, 6) is -0.221. The van der Waals surface area contributed by atoms with Crippen LogP contribution >= 0.6 is 11.6 Å². The standard InChI is InChI=1S/C46H45ClN4O5/c1-28-35(7-4-9-37(28)38-10-5-8-36(29(38)2)32-12-13-33-20-42(51-41(33)19-32)40-11-6-16-50-40)26-56-44-21-43(55-25-31-17-30(22-48)23-49-24-31)34(18-39(44)47)14-15-46(3,27-52)45(53)54/h4-5,7-10,12-13,17-19,21,23-24,40,50,52H,6,11,14-16,20,25-27H2,1-3H3,(H,53,54)/t40-,46-/m0/s1. The lowest BCUT2D eigenvalue weighted by Gasteiger charge is -2.23. The Kier molecular flexibility index (Phi) is 11.5. The second-order valence-corrected chi connectivity index (χ2v) is 15.4. The molecule has 1 aromatic heterocycles. The van der Waals surface area contributed by atoms with E-state index < -0.39 is 18.0 Å². The third-order valence-electron chi connectivity index (χ3n) is 11.2. The van der Waals surface area contributed by atoms with Crippen LogP contribution in [0.15, 0.2) is 90.2 Å². The van der Waals surface area contributed by atoms with Gasteiger partial charge in [-0.05, 0) is 121 Å². The van der Waals surface area contributed by atoms with Gasteiger partial charge in [0.15, 0.2) is 0 Å². The van der Waals surface area contributed by atoms with Crippen molar-refractivity contribution < 1.29 is 24.5 Å². The molecular formula is C46H45ClN4O5. The molecule has 5 aromatic rings. The highest BCUT2D eigenvalue weighted by atomic mass is 35.5. The Bertz CT molecular complexity index is 2360. The topological polar surface area (TPSA) is 137 Å². The molecular weight excluding hydrogens is 724 g/mol. The lowest BCUT2D eigenvalue weighted by atomic mass is 9.85. The van der Waals surface area contributed by atoms with Crippen molar-refractivity contribution in [3.05, 3.63) is 129 Å². The van der Waals surface area contributed by atoms with Crippen molar-refractivity contribution >= 4 is 29.0 Å². The van der Waals surface area contributed by atoms with E-state index in [1.165, 1.54) is 41.9 Å². The maximum Gasteiger partial charge on any atom is 0.311 e. The van der Waals surface area contributed by atoms with Crippen LogP contribution < -0.4 is 14.8 Å². The molecule has 2 aliphatic heterocycles. The first-order valence-corrected chi connectivity index (χ1v) is 19.3. The largest absolute Gasteiger partial charge is 0.488 e. The Balaban J connectivity index is 1.13. The minimum atomic E-state index is -1.34. The van der Waals surface area contributed by atoms with Gasteiger partial charge in [0.25, 0.3) is 0 Å². The molecule has 0 aliphatic carbocycles. The number of pyridine rings is 1. The van der Waals surface area contributed by atoms with Gasteiger partial charge in [-0.25, -0.2) is 0 Å². The Morgan fingerprint density at radius 1 is 0.964 bits per heavy atom. The number of carboxylic acid groups (broad SMARTS) is 1. The maximum atomic E-state index is 11.9. The first-order chi connectivity index (χ1) is 27.1. The van der Waals surface area contributed by atoms with Gasteiger partial charge in [0.1, 0.15) is 30.8 Å². The van der Waals surface area contributed by atoms with Crippen molar-refractivity contribution in [2.75, 3.05) is 13.2 Å². The number of carbonyl (C=O) groups is 1. The van der Waals surface area contributed by atoms with Crippen LogP contribution in [0.2, 0.25) is 5.02 Å². The van der Waals surface area contributed by atoms with Crippen LogP contribution in [-0.4, -0.2) is 46.1 Å².